The minimum atomic E-state index is -4.50. The topological polar surface area (TPSA) is 143 Å². The monoisotopic (exact) mass is 545 g/mol. The average molecular weight is 546 g/mol. The maximum Gasteiger partial charge on any atom is 0.391 e. The number of methoxy groups -OCH3 is 2. The number of aryl methyl sites for hydroxylation is 2. The number of alkyl halides is 3. The van der Waals surface area contributed by atoms with Crippen molar-refractivity contribution in [1.82, 2.24) is 29.3 Å². The fourth-order valence-corrected chi connectivity index (χ4v) is 3.98. The molecule has 0 aliphatic carbocycles. The average Bonchev–Trinajstić information content (AvgIpc) is 3.23. The van der Waals surface area contributed by atoms with Crippen LogP contribution >= 0.6 is 0 Å². The van der Waals surface area contributed by atoms with Gasteiger partial charge in [0.1, 0.15) is 28.6 Å². The van der Waals surface area contributed by atoms with Gasteiger partial charge in [0.2, 0.25) is 0 Å². The summed E-state index contributed by atoms with van der Waals surface area (Å²) in [7, 11) is 4.54. The van der Waals surface area contributed by atoms with E-state index in [-0.39, 0.29) is 35.0 Å². The number of anilines is 1. The van der Waals surface area contributed by atoms with Crippen LogP contribution in [0.25, 0.3) is 33.9 Å². The summed E-state index contributed by atoms with van der Waals surface area (Å²) >= 11 is 0. The van der Waals surface area contributed by atoms with Crippen LogP contribution in [-0.2, 0) is 13.6 Å². The summed E-state index contributed by atoms with van der Waals surface area (Å²) in [6, 6.07) is 4.95. The fourth-order valence-electron chi connectivity index (χ4n) is 3.98. The number of benzene rings is 1. The van der Waals surface area contributed by atoms with Gasteiger partial charge in [-0.25, -0.2) is 15.0 Å². The van der Waals surface area contributed by atoms with Gasteiger partial charge in [-0.3, -0.25) is 9.48 Å². The Labute approximate surface area is 220 Å². The van der Waals surface area contributed by atoms with Gasteiger partial charge in [-0.15, -0.1) is 0 Å². The van der Waals surface area contributed by atoms with Crippen LogP contribution in [0.4, 0.5) is 19.0 Å². The fraction of sp³-hybridized carbons (Fsp3) is 0.320. The van der Waals surface area contributed by atoms with Crippen molar-refractivity contribution < 1.29 is 27.8 Å². The number of nitrogens with zero attached hydrogens (tertiary/aromatic N) is 6. The molecule has 11 nitrogen and oxygen atoms in total. The number of aliphatic hydroxyl groups is 1. The largest absolute Gasteiger partial charge is 0.497 e. The van der Waals surface area contributed by atoms with Gasteiger partial charge in [-0.2, -0.15) is 18.3 Å². The van der Waals surface area contributed by atoms with E-state index in [9.17, 15) is 23.1 Å². The molecule has 0 bridgehead atoms. The van der Waals surface area contributed by atoms with Crippen molar-refractivity contribution in [2.45, 2.75) is 32.2 Å². The first kappa shape index (κ1) is 27.6. The van der Waals surface area contributed by atoms with Crippen molar-refractivity contribution >= 4 is 5.82 Å². The summed E-state index contributed by atoms with van der Waals surface area (Å²) < 4.78 is 51.0. The van der Waals surface area contributed by atoms with E-state index in [1.165, 1.54) is 42.1 Å². The van der Waals surface area contributed by atoms with Gasteiger partial charge in [-0.05, 0) is 19.1 Å². The molecule has 206 valence electrons. The van der Waals surface area contributed by atoms with E-state index in [0.29, 0.717) is 34.0 Å². The number of nitrogen functional groups attached to an aromatic ring is 1. The molecule has 3 N–H and O–H groups in total. The quantitative estimate of drug-likeness (QED) is 0.342. The Morgan fingerprint density at radius 2 is 1.69 bits per heavy atom. The van der Waals surface area contributed by atoms with E-state index in [2.05, 4.69) is 20.1 Å². The Balaban J connectivity index is 1.75. The van der Waals surface area contributed by atoms with Crippen LogP contribution in [0.2, 0.25) is 0 Å². The zero-order chi connectivity index (χ0) is 28.5. The molecule has 3 aromatic heterocycles. The predicted molar refractivity (Wildman–Crippen MR) is 136 cm³/mol. The summed E-state index contributed by atoms with van der Waals surface area (Å²) in [6.07, 6.45) is -3.17. The number of aliphatic hydroxyl groups excluding tert-OH is 1. The van der Waals surface area contributed by atoms with Crippen LogP contribution < -0.4 is 20.8 Å². The van der Waals surface area contributed by atoms with Crippen LogP contribution in [0.1, 0.15) is 12.1 Å². The Bertz CT molecular complexity index is 1540. The molecule has 4 aromatic rings. The Morgan fingerprint density at radius 1 is 1.05 bits per heavy atom. The van der Waals surface area contributed by atoms with Crippen molar-refractivity contribution in [1.29, 1.82) is 0 Å². The first-order valence-corrected chi connectivity index (χ1v) is 11.6. The maximum absolute atomic E-state index is 13.0. The van der Waals surface area contributed by atoms with Crippen LogP contribution in [0, 0.1) is 6.92 Å². The highest BCUT2D eigenvalue weighted by molar-refractivity contribution is 5.73. The third-order valence-electron chi connectivity index (χ3n) is 5.83. The Hall–Kier alpha value is -4.46. The molecule has 0 saturated heterocycles. The first-order valence-electron chi connectivity index (χ1n) is 11.6. The van der Waals surface area contributed by atoms with E-state index in [1.807, 2.05) is 0 Å². The summed E-state index contributed by atoms with van der Waals surface area (Å²) in [4.78, 5) is 26.3. The van der Waals surface area contributed by atoms with Crippen molar-refractivity contribution in [3.8, 4) is 45.4 Å². The first-order chi connectivity index (χ1) is 18.4. The number of rotatable bonds is 8. The lowest BCUT2D eigenvalue weighted by molar-refractivity contribution is -0.154. The SMILES string of the molecule is COc1cc(OC)cc(-c2nc(-c3nc(-c4cn(C[C@@H](O)CC(F)(F)F)nc4C)cnc3N)cn(C)c2=O)c1. The van der Waals surface area contributed by atoms with E-state index >= 15 is 0 Å². The molecule has 3 heterocycles. The molecule has 0 fully saturated rings. The summed E-state index contributed by atoms with van der Waals surface area (Å²) in [5.74, 6) is 0.977. The molecule has 0 aliphatic rings. The predicted octanol–water partition coefficient (Wildman–Crippen LogP) is 2.99. The molecule has 0 aliphatic heterocycles. The van der Waals surface area contributed by atoms with Gasteiger partial charge < -0.3 is 24.9 Å². The standard InChI is InChI=1S/C25H26F3N7O4/c1-13-18(11-35(33-13)10-15(36)8-25(26,27)28)19-9-30-23(29)22(31-19)20-12-34(2)24(37)21(32-20)14-5-16(38-3)7-17(6-14)39-4/h5-7,9,11-12,15,36H,8,10H2,1-4H3,(H2,29,30)/t15-/m0/s1. The molecular weight excluding hydrogens is 519 g/mol. The molecule has 0 saturated carbocycles. The second-order valence-corrected chi connectivity index (χ2v) is 8.80. The molecule has 0 spiro atoms. The van der Waals surface area contributed by atoms with Gasteiger partial charge >= 0.3 is 6.18 Å². The molecule has 1 aromatic carbocycles. The zero-order valence-electron chi connectivity index (χ0n) is 21.5. The van der Waals surface area contributed by atoms with E-state index in [4.69, 9.17) is 15.2 Å². The maximum atomic E-state index is 13.0. The lowest BCUT2D eigenvalue weighted by Gasteiger charge is -2.12. The van der Waals surface area contributed by atoms with Crippen molar-refractivity contribution in [2.24, 2.45) is 7.05 Å². The Kier molecular flexibility index (Phi) is 7.58. The van der Waals surface area contributed by atoms with E-state index < -0.39 is 18.7 Å². The minimum absolute atomic E-state index is 0.0460. The third kappa shape index (κ3) is 6.17. The van der Waals surface area contributed by atoms with Crippen molar-refractivity contribution in [3.05, 3.63) is 52.8 Å². The smallest absolute Gasteiger partial charge is 0.391 e. The third-order valence-corrected chi connectivity index (χ3v) is 5.83. The number of nitrogens with two attached hydrogens (primary N) is 1. The molecular formula is C25H26F3N7O4. The summed E-state index contributed by atoms with van der Waals surface area (Å²) in [5.41, 5.74) is 8.00. The number of ether oxygens (including phenoxy) is 2. The number of hydrogen-bond acceptors (Lipinski definition) is 9. The van der Waals surface area contributed by atoms with Crippen LogP contribution in [0.5, 0.6) is 11.5 Å². The number of aromatic nitrogens is 6. The summed E-state index contributed by atoms with van der Waals surface area (Å²) in [6.45, 7) is 1.30. The Morgan fingerprint density at radius 3 is 2.31 bits per heavy atom. The van der Waals surface area contributed by atoms with E-state index in [1.54, 1.807) is 32.2 Å². The second kappa shape index (κ2) is 10.7. The van der Waals surface area contributed by atoms with Crippen LogP contribution in [0.15, 0.2) is 41.6 Å². The van der Waals surface area contributed by atoms with Gasteiger partial charge in [0.15, 0.2) is 5.82 Å². The highest BCUT2D eigenvalue weighted by Gasteiger charge is 2.31. The van der Waals surface area contributed by atoms with Crippen molar-refractivity contribution in [2.75, 3.05) is 20.0 Å². The van der Waals surface area contributed by atoms with Gasteiger partial charge in [0.25, 0.3) is 5.56 Å². The van der Waals surface area contributed by atoms with E-state index in [0.717, 1.165) is 0 Å². The van der Waals surface area contributed by atoms with Crippen molar-refractivity contribution in [3.63, 3.8) is 0 Å². The van der Waals surface area contributed by atoms with Gasteiger partial charge in [0, 0.05) is 36.6 Å². The lowest BCUT2D eigenvalue weighted by atomic mass is 10.1. The highest BCUT2D eigenvalue weighted by atomic mass is 19.4. The molecule has 14 heteroatoms. The second-order valence-electron chi connectivity index (χ2n) is 8.80. The van der Waals surface area contributed by atoms with Crippen LogP contribution in [-0.4, -0.2) is 60.9 Å². The molecule has 4 rings (SSSR count). The number of halogens is 3. The summed E-state index contributed by atoms with van der Waals surface area (Å²) in [5, 5.41) is 14.0. The van der Waals surface area contributed by atoms with Gasteiger partial charge in [-0.1, -0.05) is 0 Å². The zero-order valence-corrected chi connectivity index (χ0v) is 21.5. The lowest BCUT2D eigenvalue weighted by Crippen LogP contribution is -2.24. The molecule has 0 radical (unpaired) electrons. The minimum Gasteiger partial charge on any atom is -0.497 e. The van der Waals surface area contributed by atoms with Gasteiger partial charge in [0.05, 0.1) is 50.9 Å². The molecule has 0 unspecified atom stereocenters. The normalized spacial score (nSPS) is 12.4. The molecule has 1 atom stereocenters. The number of hydrogen-bond donors (Lipinski definition) is 2. The molecule has 39 heavy (non-hydrogen) atoms. The molecule has 0 amide bonds. The highest BCUT2D eigenvalue weighted by Crippen LogP contribution is 2.30. The van der Waals surface area contributed by atoms with Crippen LogP contribution in [0.3, 0.4) is 0 Å².